The number of hydrogen-bond donors (Lipinski definition) is 0. The molecule has 2 unspecified atom stereocenters. The number of carbonyl (C=O) groups is 2. The zero-order valence-electron chi connectivity index (χ0n) is 13.4. The largest absolute Gasteiger partial charge is 0.329 e. The van der Waals surface area contributed by atoms with Gasteiger partial charge in [0.05, 0.1) is 0 Å². The van der Waals surface area contributed by atoms with Crippen LogP contribution in [0.15, 0.2) is 0 Å². The SMILES string of the molecule is CC(C)C1C(=O)N2CCCCC2C(=O)N1CCCC1CC1. The fourth-order valence-corrected chi connectivity index (χ4v) is 3.93. The fraction of sp³-hybridized carbons (Fsp3) is 0.882. The third-order valence-electron chi connectivity index (χ3n) is 5.28. The summed E-state index contributed by atoms with van der Waals surface area (Å²) in [5.41, 5.74) is 0. The zero-order valence-corrected chi connectivity index (χ0v) is 13.4. The van der Waals surface area contributed by atoms with Crippen LogP contribution in [-0.4, -0.2) is 46.8 Å². The van der Waals surface area contributed by atoms with Crippen molar-refractivity contribution in [3.63, 3.8) is 0 Å². The molecule has 0 aromatic heterocycles. The van der Waals surface area contributed by atoms with E-state index in [4.69, 9.17) is 0 Å². The summed E-state index contributed by atoms with van der Waals surface area (Å²) >= 11 is 0. The lowest BCUT2D eigenvalue weighted by Crippen LogP contribution is -2.67. The van der Waals surface area contributed by atoms with E-state index < -0.39 is 0 Å². The highest BCUT2D eigenvalue weighted by Crippen LogP contribution is 2.34. The highest BCUT2D eigenvalue weighted by molar-refractivity contribution is 5.97. The van der Waals surface area contributed by atoms with Crippen LogP contribution in [0.25, 0.3) is 0 Å². The predicted molar refractivity (Wildman–Crippen MR) is 81.6 cm³/mol. The molecule has 3 fully saturated rings. The van der Waals surface area contributed by atoms with Gasteiger partial charge in [0, 0.05) is 13.1 Å². The Labute approximate surface area is 127 Å². The molecular formula is C17H28N2O2. The number of amides is 2. The van der Waals surface area contributed by atoms with E-state index in [1.165, 1.54) is 19.3 Å². The molecule has 2 heterocycles. The van der Waals surface area contributed by atoms with Crippen LogP contribution in [0, 0.1) is 11.8 Å². The van der Waals surface area contributed by atoms with Gasteiger partial charge >= 0.3 is 0 Å². The maximum Gasteiger partial charge on any atom is 0.246 e. The number of fused-ring (bicyclic) bond motifs is 1. The number of piperazine rings is 1. The van der Waals surface area contributed by atoms with Crippen molar-refractivity contribution in [3.8, 4) is 0 Å². The zero-order chi connectivity index (χ0) is 15.0. The van der Waals surface area contributed by atoms with Crippen molar-refractivity contribution in [2.75, 3.05) is 13.1 Å². The average molecular weight is 292 g/mol. The van der Waals surface area contributed by atoms with Crippen LogP contribution < -0.4 is 0 Å². The first-order valence-corrected chi connectivity index (χ1v) is 8.70. The van der Waals surface area contributed by atoms with Crippen LogP contribution in [0.4, 0.5) is 0 Å². The maximum atomic E-state index is 12.8. The van der Waals surface area contributed by atoms with E-state index in [-0.39, 0.29) is 29.8 Å². The van der Waals surface area contributed by atoms with E-state index in [1.54, 1.807) is 0 Å². The van der Waals surface area contributed by atoms with Gasteiger partial charge < -0.3 is 9.80 Å². The van der Waals surface area contributed by atoms with Gasteiger partial charge in [0.25, 0.3) is 0 Å². The van der Waals surface area contributed by atoms with E-state index in [0.717, 1.165) is 44.7 Å². The summed E-state index contributed by atoms with van der Waals surface area (Å²) in [6, 6.07) is -0.395. The van der Waals surface area contributed by atoms with Crippen LogP contribution in [0.3, 0.4) is 0 Å². The minimum absolute atomic E-state index is 0.165. The lowest BCUT2D eigenvalue weighted by molar-refractivity contribution is -0.165. The topological polar surface area (TPSA) is 40.6 Å². The van der Waals surface area contributed by atoms with Gasteiger partial charge in [-0.05, 0) is 43.9 Å². The molecule has 118 valence electrons. The first-order chi connectivity index (χ1) is 10.1. The van der Waals surface area contributed by atoms with Crippen molar-refractivity contribution in [2.45, 2.75) is 70.9 Å². The predicted octanol–water partition coefficient (Wildman–Crippen LogP) is 2.42. The quantitative estimate of drug-likeness (QED) is 0.781. The van der Waals surface area contributed by atoms with Crippen molar-refractivity contribution in [2.24, 2.45) is 11.8 Å². The summed E-state index contributed by atoms with van der Waals surface area (Å²) in [6.07, 6.45) is 7.96. The molecule has 4 nitrogen and oxygen atoms in total. The molecule has 0 aromatic carbocycles. The van der Waals surface area contributed by atoms with Crippen molar-refractivity contribution in [3.05, 3.63) is 0 Å². The second kappa shape index (κ2) is 5.98. The molecule has 2 atom stereocenters. The Morgan fingerprint density at radius 2 is 1.86 bits per heavy atom. The normalized spacial score (nSPS) is 30.0. The highest BCUT2D eigenvalue weighted by Gasteiger charge is 2.47. The molecule has 0 spiro atoms. The van der Waals surface area contributed by atoms with Crippen LogP contribution >= 0.6 is 0 Å². The first-order valence-electron chi connectivity index (χ1n) is 8.70. The van der Waals surface area contributed by atoms with Gasteiger partial charge in [0.2, 0.25) is 11.8 Å². The molecule has 2 saturated heterocycles. The molecule has 3 rings (SSSR count). The summed E-state index contributed by atoms with van der Waals surface area (Å²) in [5.74, 6) is 1.50. The fourth-order valence-electron chi connectivity index (χ4n) is 3.93. The standard InChI is InChI=1S/C17H28N2O2/c1-12(2)15-17(21)18-10-4-3-7-14(18)16(20)19(15)11-5-6-13-8-9-13/h12-15H,3-11H2,1-2H3. The number of hydrogen-bond acceptors (Lipinski definition) is 2. The van der Waals surface area contributed by atoms with E-state index in [2.05, 4.69) is 13.8 Å². The Kier molecular flexibility index (Phi) is 4.23. The van der Waals surface area contributed by atoms with E-state index >= 15 is 0 Å². The molecule has 0 bridgehead atoms. The first kappa shape index (κ1) is 14.9. The van der Waals surface area contributed by atoms with Gasteiger partial charge in [0.1, 0.15) is 12.1 Å². The smallest absolute Gasteiger partial charge is 0.246 e. The van der Waals surface area contributed by atoms with Gasteiger partial charge in [0.15, 0.2) is 0 Å². The molecule has 21 heavy (non-hydrogen) atoms. The molecular weight excluding hydrogens is 264 g/mol. The molecule has 4 heteroatoms. The second-order valence-electron chi connectivity index (χ2n) is 7.35. The molecule has 2 amide bonds. The lowest BCUT2D eigenvalue weighted by atomic mass is 9.90. The highest BCUT2D eigenvalue weighted by atomic mass is 16.2. The van der Waals surface area contributed by atoms with E-state index in [0.29, 0.717) is 0 Å². The Balaban J connectivity index is 1.73. The summed E-state index contributed by atoms with van der Waals surface area (Å²) < 4.78 is 0. The summed E-state index contributed by atoms with van der Waals surface area (Å²) in [7, 11) is 0. The molecule has 0 radical (unpaired) electrons. The Hall–Kier alpha value is -1.06. The second-order valence-corrected chi connectivity index (χ2v) is 7.35. The van der Waals surface area contributed by atoms with Crippen LogP contribution in [0.2, 0.25) is 0 Å². The maximum absolute atomic E-state index is 12.8. The molecule has 2 aliphatic heterocycles. The van der Waals surface area contributed by atoms with Crippen molar-refractivity contribution >= 4 is 11.8 Å². The number of rotatable bonds is 5. The Morgan fingerprint density at radius 1 is 1.10 bits per heavy atom. The monoisotopic (exact) mass is 292 g/mol. The van der Waals surface area contributed by atoms with Crippen molar-refractivity contribution < 1.29 is 9.59 Å². The van der Waals surface area contributed by atoms with E-state index in [1.807, 2.05) is 9.80 Å². The van der Waals surface area contributed by atoms with E-state index in [9.17, 15) is 9.59 Å². The van der Waals surface area contributed by atoms with Gasteiger partial charge in [-0.3, -0.25) is 9.59 Å². The minimum atomic E-state index is -0.231. The van der Waals surface area contributed by atoms with Gasteiger partial charge in [-0.1, -0.05) is 26.7 Å². The van der Waals surface area contributed by atoms with Crippen LogP contribution in [-0.2, 0) is 9.59 Å². The van der Waals surface area contributed by atoms with Gasteiger partial charge in [-0.15, -0.1) is 0 Å². The third kappa shape index (κ3) is 2.95. The minimum Gasteiger partial charge on any atom is -0.329 e. The Bertz CT molecular complexity index is 417. The summed E-state index contributed by atoms with van der Waals surface area (Å²) in [6.45, 7) is 5.67. The van der Waals surface area contributed by atoms with Crippen LogP contribution in [0.1, 0.15) is 58.8 Å². The third-order valence-corrected chi connectivity index (χ3v) is 5.28. The lowest BCUT2D eigenvalue weighted by Gasteiger charge is -2.48. The van der Waals surface area contributed by atoms with Crippen molar-refractivity contribution in [1.82, 2.24) is 9.80 Å². The van der Waals surface area contributed by atoms with Gasteiger partial charge in [-0.2, -0.15) is 0 Å². The number of nitrogens with zero attached hydrogens (tertiary/aromatic N) is 2. The average Bonchev–Trinajstić information content (AvgIpc) is 3.28. The molecule has 1 aliphatic carbocycles. The van der Waals surface area contributed by atoms with Gasteiger partial charge in [-0.25, -0.2) is 0 Å². The number of carbonyl (C=O) groups excluding carboxylic acids is 2. The van der Waals surface area contributed by atoms with Crippen LogP contribution in [0.5, 0.6) is 0 Å². The van der Waals surface area contributed by atoms with Crippen molar-refractivity contribution in [1.29, 1.82) is 0 Å². The molecule has 3 aliphatic rings. The molecule has 0 aromatic rings. The number of piperidine rings is 1. The molecule has 0 N–H and O–H groups in total. The summed E-state index contributed by atoms with van der Waals surface area (Å²) in [5, 5.41) is 0. The molecule has 1 saturated carbocycles. The Morgan fingerprint density at radius 3 is 2.52 bits per heavy atom. The summed E-state index contributed by atoms with van der Waals surface area (Å²) in [4.78, 5) is 29.4.